The second kappa shape index (κ2) is 5.08. The molecule has 1 aromatic heterocycles. The zero-order valence-electron chi connectivity index (χ0n) is 12.4. The van der Waals surface area contributed by atoms with Crippen molar-refractivity contribution in [1.82, 2.24) is 9.78 Å². The van der Waals surface area contributed by atoms with Crippen LogP contribution in [0, 0.1) is 0 Å². The van der Waals surface area contributed by atoms with Crippen LogP contribution < -0.4 is 10.9 Å². The van der Waals surface area contributed by atoms with Crippen LogP contribution in [-0.2, 0) is 0 Å². The van der Waals surface area contributed by atoms with Gasteiger partial charge in [0.05, 0.1) is 11.3 Å². The van der Waals surface area contributed by atoms with Crippen LogP contribution >= 0.6 is 0 Å². The van der Waals surface area contributed by atoms with E-state index in [0.717, 1.165) is 16.3 Å². The Morgan fingerprint density at radius 2 is 1.86 bits per heavy atom. The molecule has 5 nitrogen and oxygen atoms in total. The number of hydrogen-bond donors (Lipinski definition) is 2. The van der Waals surface area contributed by atoms with Crippen molar-refractivity contribution in [3.8, 4) is 5.69 Å². The van der Waals surface area contributed by atoms with E-state index in [4.69, 9.17) is 5.73 Å². The molecule has 22 heavy (non-hydrogen) atoms. The number of nitrogens with zero attached hydrogens (tertiary/aromatic N) is 2. The maximum absolute atomic E-state index is 11.5. The van der Waals surface area contributed by atoms with Crippen molar-refractivity contribution >= 4 is 30.3 Å². The fraction of sp³-hybridized carbons (Fsp3) is 0.125. The van der Waals surface area contributed by atoms with E-state index in [1.54, 1.807) is 16.8 Å². The summed E-state index contributed by atoms with van der Waals surface area (Å²) in [6, 6.07) is 13.0. The average Bonchev–Trinajstić information content (AvgIpc) is 2.90. The quantitative estimate of drug-likeness (QED) is 0.720. The third kappa shape index (κ3) is 2.54. The van der Waals surface area contributed by atoms with Crippen LogP contribution in [0.15, 0.2) is 48.7 Å². The molecular weight excluding hydrogens is 294 g/mol. The van der Waals surface area contributed by atoms with Gasteiger partial charge in [-0.05, 0) is 36.5 Å². The van der Waals surface area contributed by atoms with Gasteiger partial charge in [-0.25, -0.2) is 4.68 Å². The van der Waals surface area contributed by atoms with Crippen LogP contribution in [0.25, 0.3) is 16.6 Å². The summed E-state index contributed by atoms with van der Waals surface area (Å²) in [5, 5.41) is 6.28. The lowest BCUT2D eigenvalue weighted by molar-refractivity contribution is 0.100. The number of hydrogen-bond acceptors (Lipinski definition) is 3. The van der Waals surface area contributed by atoms with Gasteiger partial charge in [-0.2, -0.15) is 5.10 Å². The number of benzene rings is 2. The van der Waals surface area contributed by atoms with E-state index >= 15 is 0 Å². The number of nitrogens with two attached hydrogens (primary N) is 1. The fourth-order valence-electron chi connectivity index (χ4n) is 2.40. The Balaban J connectivity index is 2.07. The second-order valence-corrected chi connectivity index (χ2v) is 9.48. The predicted octanol–water partition coefficient (Wildman–Crippen LogP) is 1.53. The summed E-state index contributed by atoms with van der Waals surface area (Å²) in [6.07, 6.45) is 1.86. The van der Waals surface area contributed by atoms with Crippen LogP contribution in [0.3, 0.4) is 0 Å². The standard InChI is InChI=1S/C16H17N3O2Si/c1-22(2,21)13-8-6-12(7-9-13)19-10-11-4-3-5-14(16(17)20)15(11)18-19/h3-10,21H,1-2H3,(H2,17,20). The molecule has 0 aliphatic heterocycles. The highest BCUT2D eigenvalue weighted by Gasteiger charge is 2.19. The minimum Gasteiger partial charge on any atom is -0.428 e. The highest BCUT2D eigenvalue weighted by atomic mass is 28.4. The molecule has 1 heterocycles. The van der Waals surface area contributed by atoms with Gasteiger partial charge in [-0.15, -0.1) is 0 Å². The minimum atomic E-state index is -2.30. The molecule has 0 aliphatic carbocycles. The summed E-state index contributed by atoms with van der Waals surface area (Å²) in [5.74, 6) is -0.487. The summed E-state index contributed by atoms with van der Waals surface area (Å²) in [4.78, 5) is 21.6. The van der Waals surface area contributed by atoms with Crippen molar-refractivity contribution in [2.45, 2.75) is 13.1 Å². The first-order valence-corrected chi connectivity index (χ1v) is 9.92. The number of carbonyl (C=O) groups is 1. The van der Waals surface area contributed by atoms with Crippen molar-refractivity contribution < 1.29 is 9.59 Å². The Bertz CT molecular complexity index is 848. The van der Waals surface area contributed by atoms with Crippen LogP contribution in [0.2, 0.25) is 13.1 Å². The number of primary amides is 1. The first-order chi connectivity index (χ1) is 10.4. The van der Waals surface area contributed by atoms with Gasteiger partial charge in [0, 0.05) is 11.6 Å². The van der Waals surface area contributed by atoms with Crippen molar-refractivity contribution in [1.29, 1.82) is 0 Å². The summed E-state index contributed by atoms with van der Waals surface area (Å²) in [6.45, 7) is 3.76. The van der Waals surface area contributed by atoms with Gasteiger partial charge < -0.3 is 10.5 Å². The van der Waals surface area contributed by atoms with Gasteiger partial charge in [-0.3, -0.25) is 4.79 Å². The smallest absolute Gasteiger partial charge is 0.250 e. The molecule has 6 heteroatoms. The second-order valence-electron chi connectivity index (χ2n) is 5.79. The summed E-state index contributed by atoms with van der Waals surface area (Å²) in [7, 11) is -2.30. The van der Waals surface area contributed by atoms with Gasteiger partial charge >= 0.3 is 0 Å². The third-order valence-corrected chi connectivity index (χ3v) is 5.39. The number of carbonyl (C=O) groups excluding carboxylic acids is 1. The first kappa shape index (κ1) is 14.5. The van der Waals surface area contributed by atoms with Crippen LogP contribution in [0.5, 0.6) is 0 Å². The van der Waals surface area contributed by atoms with E-state index in [0.29, 0.717) is 11.1 Å². The zero-order valence-corrected chi connectivity index (χ0v) is 13.4. The fourth-order valence-corrected chi connectivity index (χ4v) is 3.38. The van der Waals surface area contributed by atoms with Crippen molar-refractivity contribution in [2.24, 2.45) is 5.73 Å². The molecule has 0 radical (unpaired) electrons. The highest BCUT2D eigenvalue weighted by molar-refractivity contribution is 6.83. The third-order valence-electron chi connectivity index (χ3n) is 3.64. The van der Waals surface area contributed by atoms with Gasteiger partial charge in [0.1, 0.15) is 5.52 Å². The number of fused-ring (bicyclic) bond motifs is 1. The van der Waals surface area contributed by atoms with Crippen molar-refractivity contribution in [2.75, 3.05) is 0 Å². The molecule has 3 rings (SSSR count). The molecule has 3 N–H and O–H groups in total. The van der Waals surface area contributed by atoms with Crippen LogP contribution in [0.1, 0.15) is 10.4 Å². The molecule has 0 atom stereocenters. The molecule has 3 aromatic rings. The molecule has 2 aromatic carbocycles. The van der Waals surface area contributed by atoms with Crippen LogP contribution in [0.4, 0.5) is 0 Å². The van der Waals surface area contributed by atoms with E-state index in [-0.39, 0.29) is 0 Å². The molecular formula is C16H17N3O2Si. The summed E-state index contributed by atoms with van der Waals surface area (Å²) < 4.78 is 1.72. The topological polar surface area (TPSA) is 81.1 Å². The molecule has 0 unspecified atom stereocenters. The zero-order chi connectivity index (χ0) is 15.9. The molecule has 0 saturated carbocycles. The van der Waals surface area contributed by atoms with Gasteiger partial charge in [0.2, 0.25) is 8.32 Å². The normalized spacial score (nSPS) is 11.8. The molecule has 0 saturated heterocycles. The van der Waals surface area contributed by atoms with E-state index < -0.39 is 14.2 Å². The first-order valence-electron chi connectivity index (χ1n) is 6.98. The molecule has 112 valence electrons. The Labute approximate surface area is 129 Å². The Morgan fingerprint density at radius 3 is 2.45 bits per heavy atom. The van der Waals surface area contributed by atoms with Crippen molar-refractivity contribution in [3.63, 3.8) is 0 Å². The van der Waals surface area contributed by atoms with Crippen molar-refractivity contribution in [3.05, 3.63) is 54.2 Å². The van der Waals surface area contributed by atoms with Gasteiger partial charge in [-0.1, -0.05) is 24.3 Å². The largest absolute Gasteiger partial charge is 0.428 e. The number of amides is 1. The Morgan fingerprint density at radius 1 is 1.18 bits per heavy atom. The number of aromatic nitrogens is 2. The molecule has 0 spiro atoms. The van der Waals surface area contributed by atoms with E-state index in [1.807, 2.05) is 49.6 Å². The molecule has 0 bridgehead atoms. The average molecular weight is 311 g/mol. The molecule has 0 aliphatic rings. The summed E-state index contributed by atoms with van der Waals surface area (Å²) in [5.41, 5.74) is 7.26. The highest BCUT2D eigenvalue weighted by Crippen LogP contribution is 2.19. The van der Waals surface area contributed by atoms with Gasteiger partial charge in [0.15, 0.2) is 0 Å². The molecule has 1 amide bonds. The lowest BCUT2D eigenvalue weighted by Gasteiger charge is -2.14. The maximum atomic E-state index is 11.5. The lowest BCUT2D eigenvalue weighted by atomic mass is 10.1. The van der Waals surface area contributed by atoms with E-state index in [9.17, 15) is 9.59 Å². The lowest BCUT2D eigenvalue weighted by Crippen LogP contribution is -2.41. The Kier molecular flexibility index (Phi) is 3.35. The van der Waals surface area contributed by atoms with E-state index in [2.05, 4.69) is 5.10 Å². The minimum absolute atomic E-state index is 0.414. The van der Waals surface area contributed by atoms with E-state index in [1.165, 1.54) is 0 Å². The van der Waals surface area contributed by atoms with Crippen LogP contribution in [-0.4, -0.2) is 28.8 Å². The summed E-state index contributed by atoms with van der Waals surface area (Å²) >= 11 is 0. The number of rotatable bonds is 3. The Hall–Kier alpha value is -2.44. The predicted molar refractivity (Wildman–Crippen MR) is 88.9 cm³/mol. The SMILES string of the molecule is C[Si](C)(O)c1ccc(-n2cc3cccc(C(N)=O)c3n2)cc1. The van der Waals surface area contributed by atoms with Gasteiger partial charge in [0.25, 0.3) is 5.91 Å². The monoisotopic (exact) mass is 311 g/mol. The molecule has 0 fully saturated rings. The maximum Gasteiger partial charge on any atom is 0.250 e.